The van der Waals surface area contributed by atoms with Crippen molar-refractivity contribution in [3.63, 3.8) is 0 Å². The third-order valence-corrected chi connectivity index (χ3v) is 5.60. The van der Waals surface area contributed by atoms with E-state index >= 15 is 0 Å². The minimum Gasteiger partial charge on any atom is -0.449 e. The Bertz CT molecular complexity index is 723. The van der Waals surface area contributed by atoms with Crippen molar-refractivity contribution in [2.24, 2.45) is 0 Å². The number of esters is 1. The summed E-state index contributed by atoms with van der Waals surface area (Å²) < 4.78 is 7.47. The normalized spacial score (nSPS) is 17.2. The number of carbonyl (C=O) groups excluding carboxylic acids is 2. The summed E-state index contributed by atoms with van der Waals surface area (Å²) in [6, 6.07) is 4.12. The molecule has 0 saturated heterocycles. The van der Waals surface area contributed by atoms with Crippen molar-refractivity contribution >= 4 is 11.9 Å². The van der Waals surface area contributed by atoms with Gasteiger partial charge in [0.2, 0.25) is 0 Å². The molecule has 1 unspecified atom stereocenters. The number of nitrogens with zero attached hydrogens (tertiary/aromatic N) is 3. The number of carbonyl (C=O) groups is 2. The van der Waals surface area contributed by atoms with Crippen LogP contribution in [0.2, 0.25) is 0 Å². The second-order valence-corrected chi connectivity index (χ2v) is 7.18. The third-order valence-electron chi connectivity index (χ3n) is 5.60. The van der Waals surface area contributed by atoms with E-state index in [1.54, 1.807) is 20.0 Å². The van der Waals surface area contributed by atoms with Crippen LogP contribution in [0.15, 0.2) is 6.07 Å². The van der Waals surface area contributed by atoms with Gasteiger partial charge in [0.05, 0.1) is 11.6 Å². The van der Waals surface area contributed by atoms with Gasteiger partial charge in [0.1, 0.15) is 5.54 Å². The minimum atomic E-state index is -0.927. The largest absolute Gasteiger partial charge is 0.449 e. The van der Waals surface area contributed by atoms with Crippen molar-refractivity contribution in [1.29, 1.82) is 5.26 Å². The fourth-order valence-corrected chi connectivity index (χ4v) is 3.91. The molecule has 0 aromatic carbocycles. The third kappa shape index (κ3) is 3.62. The lowest BCUT2D eigenvalue weighted by Crippen LogP contribution is -2.53. The van der Waals surface area contributed by atoms with Crippen LogP contribution in [0.25, 0.3) is 0 Å². The maximum atomic E-state index is 12.8. The Balaban J connectivity index is 2.11. The Kier molecular flexibility index (Phi) is 6.12. The van der Waals surface area contributed by atoms with Crippen LogP contribution in [0.5, 0.6) is 0 Å². The first kappa shape index (κ1) is 20.0. The first-order valence-corrected chi connectivity index (χ1v) is 9.34. The average molecular weight is 359 g/mol. The van der Waals surface area contributed by atoms with E-state index in [0.717, 1.165) is 37.2 Å². The lowest BCUT2D eigenvalue weighted by Gasteiger charge is -2.39. The summed E-state index contributed by atoms with van der Waals surface area (Å²) >= 11 is 0. The van der Waals surface area contributed by atoms with E-state index in [4.69, 9.17) is 4.74 Å². The molecular weight excluding hydrogens is 330 g/mol. The molecule has 26 heavy (non-hydrogen) atoms. The molecule has 6 nitrogen and oxygen atoms in total. The van der Waals surface area contributed by atoms with Crippen molar-refractivity contribution in [3.8, 4) is 6.07 Å². The highest BCUT2D eigenvalue weighted by atomic mass is 16.5. The quantitative estimate of drug-likeness (QED) is 0.756. The van der Waals surface area contributed by atoms with E-state index in [1.165, 1.54) is 4.90 Å². The number of rotatable bonds is 5. The van der Waals surface area contributed by atoms with Gasteiger partial charge >= 0.3 is 5.97 Å². The van der Waals surface area contributed by atoms with E-state index < -0.39 is 17.6 Å². The van der Waals surface area contributed by atoms with Crippen molar-refractivity contribution in [1.82, 2.24) is 9.47 Å². The zero-order valence-electron chi connectivity index (χ0n) is 16.5. The second kappa shape index (κ2) is 7.94. The predicted octanol–water partition coefficient (Wildman–Crippen LogP) is 3.36. The summed E-state index contributed by atoms with van der Waals surface area (Å²) in [6.45, 7) is 8.17. The van der Waals surface area contributed by atoms with Gasteiger partial charge in [0.15, 0.2) is 6.10 Å². The molecule has 0 N–H and O–H groups in total. The highest BCUT2D eigenvalue weighted by Gasteiger charge is 2.40. The molecule has 0 aliphatic heterocycles. The molecule has 1 aromatic rings. The van der Waals surface area contributed by atoms with E-state index in [2.05, 4.69) is 6.07 Å². The Labute approximate surface area is 155 Å². The molecule has 1 aliphatic carbocycles. The Hall–Kier alpha value is -2.29. The molecule has 2 rings (SSSR count). The van der Waals surface area contributed by atoms with Gasteiger partial charge in [-0.1, -0.05) is 19.3 Å². The van der Waals surface area contributed by atoms with E-state index in [1.807, 2.05) is 25.3 Å². The summed E-state index contributed by atoms with van der Waals surface area (Å²) in [7, 11) is 1.64. The summed E-state index contributed by atoms with van der Waals surface area (Å²) in [6.07, 6.45) is 3.37. The van der Waals surface area contributed by atoms with Crippen molar-refractivity contribution in [2.75, 3.05) is 7.05 Å². The summed E-state index contributed by atoms with van der Waals surface area (Å²) in [5.74, 6) is -0.826. The monoisotopic (exact) mass is 359 g/mol. The van der Waals surface area contributed by atoms with Crippen LogP contribution in [-0.4, -0.2) is 40.0 Å². The van der Waals surface area contributed by atoms with Gasteiger partial charge in [-0.05, 0) is 46.6 Å². The summed E-state index contributed by atoms with van der Waals surface area (Å²) in [4.78, 5) is 26.8. The van der Waals surface area contributed by atoms with Crippen LogP contribution in [0.4, 0.5) is 0 Å². The SMILES string of the molecule is CCn1c(C)cc(C(=O)OC(C)C(=O)N(C)C2(C#N)CCCCC2)c1C. The Morgan fingerprint density at radius 3 is 2.46 bits per heavy atom. The van der Waals surface area contributed by atoms with Gasteiger partial charge in [0.25, 0.3) is 5.91 Å². The molecule has 1 aromatic heterocycles. The molecule has 0 radical (unpaired) electrons. The zero-order valence-corrected chi connectivity index (χ0v) is 16.5. The van der Waals surface area contributed by atoms with Crippen molar-refractivity contribution < 1.29 is 14.3 Å². The highest BCUT2D eigenvalue weighted by Crippen LogP contribution is 2.33. The maximum absolute atomic E-state index is 12.8. The molecule has 1 saturated carbocycles. The molecular formula is C20H29N3O3. The van der Waals surface area contributed by atoms with Crippen LogP contribution in [-0.2, 0) is 16.1 Å². The molecule has 1 atom stereocenters. The van der Waals surface area contributed by atoms with Crippen LogP contribution >= 0.6 is 0 Å². The second-order valence-electron chi connectivity index (χ2n) is 7.18. The fraction of sp³-hybridized carbons (Fsp3) is 0.650. The van der Waals surface area contributed by atoms with Crippen LogP contribution < -0.4 is 0 Å². The summed E-state index contributed by atoms with van der Waals surface area (Å²) in [5, 5.41) is 9.64. The van der Waals surface area contributed by atoms with E-state index in [-0.39, 0.29) is 5.91 Å². The van der Waals surface area contributed by atoms with Gasteiger partial charge in [-0.15, -0.1) is 0 Å². The van der Waals surface area contributed by atoms with Crippen molar-refractivity contribution in [3.05, 3.63) is 23.0 Å². The number of hydrogen-bond donors (Lipinski definition) is 0. The molecule has 1 fully saturated rings. The maximum Gasteiger partial charge on any atom is 0.340 e. The molecule has 1 aliphatic rings. The van der Waals surface area contributed by atoms with Crippen LogP contribution in [0, 0.1) is 25.2 Å². The molecule has 142 valence electrons. The van der Waals surface area contributed by atoms with Crippen LogP contribution in [0.3, 0.4) is 0 Å². The zero-order chi connectivity index (χ0) is 19.5. The number of aryl methyl sites for hydroxylation is 1. The number of amides is 1. The predicted molar refractivity (Wildman–Crippen MR) is 98.7 cm³/mol. The van der Waals surface area contributed by atoms with Gasteiger partial charge in [0, 0.05) is 25.0 Å². The smallest absolute Gasteiger partial charge is 0.340 e. The first-order chi connectivity index (χ1) is 12.3. The van der Waals surface area contributed by atoms with Gasteiger partial charge < -0.3 is 14.2 Å². The minimum absolute atomic E-state index is 0.328. The van der Waals surface area contributed by atoms with E-state index in [0.29, 0.717) is 18.4 Å². The van der Waals surface area contributed by atoms with Crippen molar-refractivity contribution in [2.45, 2.75) is 78.0 Å². The molecule has 0 spiro atoms. The number of nitriles is 1. The number of likely N-dealkylation sites (N-methyl/N-ethyl adjacent to an activating group) is 1. The van der Waals surface area contributed by atoms with Gasteiger partial charge in [-0.2, -0.15) is 5.26 Å². The molecule has 0 bridgehead atoms. The first-order valence-electron chi connectivity index (χ1n) is 9.34. The number of aromatic nitrogens is 1. The molecule has 6 heteroatoms. The highest BCUT2D eigenvalue weighted by molar-refractivity contribution is 5.93. The fourth-order valence-electron chi connectivity index (χ4n) is 3.91. The number of hydrogen-bond acceptors (Lipinski definition) is 4. The van der Waals surface area contributed by atoms with E-state index in [9.17, 15) is 14.9 Å². The molecule has 1 amide bonds. The topological polar surface area (TPSA) is 75.3 Å². The number of ether oxygens (including phenoxy) is 1. The Morgan fingerprint density at radius 2 is 1.96 bits per heavy atom. The molecule has 1 heterocycles. The van der Waals surface area contributed by atoms with Gasteiger partial charge in [-0.3, -0.25) is 4.79 Å². The Morgan fingerprint density at radius 1 is 1.35 bits per heavy atom. The standard InChI is InChI=1S/C20H29N3O3/c1-6-23-14(2)12-17(15(23)3)19(25)26-16(4)18(24)22(5)20(13-21)10-8-7-9-11-20/h12,16H,6-11H2,1-5H3. The average Bonchev–Trinajstić information content (AvgIpc) is 2.94. The summed E-state index contributed by atoms with van der Waals surface area (Å²) in [5.41, 5.74) is 1.52. The van der Waals surface area contributed by atoms with Gasteiger partial charge in [-0.25, -0.2) is 4.79 Å². The van der Waals surface area contributed by atoms with Crippen LogP contribution in [0.1, 0.15) is 67.7 Å². The lowest BCUT2D eigenvalue weighted by atomic mass is 9.81. The lowest BCUT2D eigenvalue weighted by molar-refractivity contribution is -0.143.